The highest BCUT2D eigenvalue weighted by atomic mass is 16.2. The van der Waals surface area contributed by atoms with E-state index in [4.69, 9.17) is 0 Å². The molecule has 2 aliphatic rings. The zero-order chi connectivity index (χ0) is 14.4. The van der Waals surface area contributed by atoms with Gasteiger partial charge in [0.05, 0.1) is 6.04 Å². The molecule has 116 valence electrons. The molecule has 0 radical (unpaired) electrons. The molecule has 1 saturated carbocycles. The summed E-state index contributed by atoms with van der Waals surface area (Å²) in [6, 6.07) is 0.608. The predicted molar refractivity (Wildman–Crippen MR) is 83.7 cm³/mol. The van der Waals surface area contributed by atoms with Gasteiger partial charge in [0, 0.05) is 12.6 Å². The first kappa shape index (κ1) is 15.8. The van der Waals surface area contributed by atoms with Crippen molar-refractivity contribution in [3.8, 4) is 0 Å². The molecule has 3 nitrogen and oxygen atoms in total. The summed E-state index contributed by atoms with van der Waals surface area (Å²) < 4.78 is 0. The molecule has 1 saturated heterocycles. The highest BCUT2D eigenvalue weighted by Gasteiger charge is 2.31. The summed E-state index contributed by atoms with van der Waals surface area (Å²) >= 11 is 0. The Balaban J connectivity index is 1.97. The maximum absolute atomic E-state index is 12.9. The Hall–Kier alpha value is -0.570. The lowest BCUT2D eigenvalue weighted by molar-refractivity contribution is -0.136. The third-order valence-electron chi connectivity index (χ3n) is 4.85. The van der Waals surface area contributed by atoms with E-state index in [1.54, 1.807) is 0 Å². The van der Waals surface area contributed by atoms with Crippen molar-refractivity contribution in [2.45, 2.75) is 83.7 Å². The molecule has 1 amide bonds. The fraction of sp³-hybridized carbons (Fsp3) is 0.941. The zero-order valence-electron chi connectivity index (χ0n) is 13.4. The van der Waals surface area contributed by atoms with Crippen LogP contribution in [0.15, 0.2) is 0 Å². The van der Waals surface area contributed by atoms with E-state index in [9.17, 15) is 4.79 Å². The minimum absolute atomic E-state index is 0.0882. The Kier molecular flexibility index (Phi) is 6.34. The van der Waals surface area contributed by atoms with Crippen LogP contribution >= 0.6 is 0 Å². The summed E-state index contributed by atoms with van der Waals surface area (Å²) in [7, 11) is 0. The topological polar surface area (TPSA) is 32.3 Å². The Morgan fingerprint density at radius 2 is 1.80 bits per heavy atom. The van der Waals surface area contributed by atoms with Gasteiger partial charge in [-0.1, -0.05) is 39.5 Å². The van der Waals surface area contributed by atoms with E-state index in [-0.39, 0.29) is 6.04 Å². The minimum Gasteiger partial charge on any atom is -0.338 e. The van der Waals surface area contributed by atoms with Gasteiger partial charge < -0.3 is 10.2 Å². The van der Waals surface area contributed by atoms with Gasteiger partial charge in [0.2, 0.25) is 5.91 Å². The molecule has 0 aromatic carbocycles. The van der Waals surface area contributed by atoms with E-state index in [0.717, 1.165) is 25.9 Å². The van der Waals surface area contributed by atoms with E-state index in [1.165, 1.54) is 44.9 Å². The van der Waals surface area contributed by atoms with Crippen molar-refractivity contribution in [3.63, 3.8) is 0 Å². The molecule has 1 unspecified atom stereocenters. The second-order valence-electron chi connectivity index (χ2n) is 7.01. The fourth-order valence-corrected chi connectivity index (χ4v) is 3.53. The van der Waals surface area contributed by atoms with E-state index in [0.29, 0.717) is 17.9 Å². The monoisotopic (exact) mass is 280 g/mol. The van der Waals surface area contributed by atoms with Crippen molar-refractivity contribution < 1.29 is 4.79 Å². The molecular weight excluding hydrogens is 248 g/mol. The molecule has 20 heavy (non-hydrogen) atoms. The Morgan fingerprint density at radius 3 is 2.50 bits per heavy atom. The van der Waals surface area contributed by atoms with Gasteiger partial charge >= 0.3 is 0 Å². The van der Waals surface area contributed by atoms with Crippen molar-refractivity contribution in [1.82, 2.24) is 10.2 Å². The van der Waals surface area contributed by atoms with Crippen LogP contribution < -0.4 is 5.32 Å². The first-order valence-electron chi connectivity index (χ1n) is 8.72. The molecule has 2 fully saturated rings. The average molecular weight is 280 g/mol. The van der Waals surface area contributed by atoms with Gasteiger partial charge in [-0.3, -0.25) is 4.79 Å². The normalized spacial score (nSPS) is 24.9. The summed E-state index contributed by atoms with van der Waals surface area (Å²) in [6.07, 6.45) is 10.9. The number of hydrogen-bond donors (Lipinski definition) is 1. The summed E-state index contributed by atoms with van der Waals surface area (Å²) in [4.78, 5) is 15.1. The van der Waals surface area contributed by atoms with Crippen LogP contribution in [-0.4, -0.2) is 36.0 Å². The number of amides is 1. The standard InChI is InChI=1S/C17H32N2O/c1-14(2)11-13-19(15-8-5-6-9-15)17(20)16-10-4-3-7-12-18-16/h14-16,18H,3-13H2,1-2H3. The number of carbonyl (C=O) groups excluding carboxylic acids is 1. The number of rotatable bonds is 5. The molecule has 3 heteroatoms. The van der Waals surface area contributed by atoms with Gasteiger partial charge in [-0.15, -0.1) is 0 Å². The molecule has 1 aliphatic heterocycles. The summed E-state index contributed by atoms with van der Waals surface area (Å²) in [5.41, 5.74) is 0. The lowest BCUT2D eigenvalue weighted by atomic mass is 10.1. The van der Waals surface area contributed by atoms with Crippen molar-refractivity contribution in [1.29, 1.82) is 0 Å². The summed E-state index contributed by atoms with van der Waals surface area (Å²) in [5.74, 6) is 1.06. The number of nitrogens with zero attached hydrogens (tertiary/aromatic N) is 1. The van der Waals surface area contributed by atoms with E-state index < -0.39 is 0 Å². The number of hydrogen-bond acceptors (Lipinski definition) is 2. The van der Waals surface area contributed by atoms with Gasteiger partial charge in [-0.05, 0) is 44.6 Å². The van der Waals surface area contributed by atoms with Gasteiger partial charge in [-0.25, -0.2) is 0 Å². The average Bonchev–Trinajstić information content (AvgIpc) is 2.80. The number of carbonyl (C=O) groups is 1. The second-order valence-corrected chi connectivity index (χ2v) is 7.01. The van der Waals surface area contributed by atoms with Crippen LogP contribution in [0.2, 0.25) is 0 Å². The first-order valence-corrected chi connectivity index (χ1v) is 8.72. The Bertz CT molecular complexity index is 289. The molecule has 1 atom stereocenters. The molecule has 2 rings (SSSR count). The van der Waals surface area contributed by atoms with Crippen LogP contribution in [0, 0.1) is 5.92 Å². The molecule has 0 bridgehead atoms. The third-order valence-corrected chi connectivity index (χ3v) is 4.85. The molecule has 0 spiro atoms. The Labute approximate surface area is 124 Å². The minimum atomic E-state index is 0.0882. The molecule has 1 aliphatic carbocycles. The van der Waals surface area contributed by atoms with Crippen molar-refractivity contribution in [3.05, 3.63) is 0 Å². The highest BCUT2D eigenvalue weighted by Crippen LogP contribution is 2.25. The van der Waals surface area contributed by atoms with Gasteiger partial charge in [-0.2, -0.15) is 0 Å². The summed E-state index contributed by atoms with van der Waals surface area (Å²) in [5, 5.41) is 3.48. The molecule has 0 aromatic rings. The van der Waals surface area contributed by atoms with Crippen molar-refractivity contribution in [2.24, 2.45) is 5.92 Å². The van der Waals surface area contributed by atoms with Gasteiger partial charge in [0.1, 0.15) is 0 Å². The summed E-state index contributed by atoms with van der Waals surface area (Å²) in [6.45, 7) is 6.47. The maximum Gasteiger partial charge on any atom is 0.239 e. The fourth-order valence-electron chi connectivity index (χ4n) is 3.53. The molecule has 1 heterocycles. The molecular formula is C17H32N2O. The van der Waals surface area contributed by atoms with Crippen LogP contribution in [0.1, 0.15) is 71.6 Å². The third kappa shape index (κ3) is 4.47. The van der Waals surface area contributed by atoms with E-state index in [1.807, 2.05) is 0 Å². The van der Waals surface area contributed by atoms with Crippen LogP contribution in [0.4, 0.5) is 0 Å². The van der Waals surface area contributed by atoms with Crippen molar-refractivity contribution >= 4 is 5.91 Å². The van der Waals surface area contributed by atoms with E-state index >= 15 is 0 Å². The van der Waals surface area contributed by atoms with Crippen LogP contribution in [-0.2, 0) is 4.79 Å². The second kappa shape index (κ2) is 8.02. The zero-order valence-corrected chi connectivity index (χ0v) is 13.4. The van der Waals surface area contributed by atoms with Crippen LogP contribution in [0.25, 0.3) is 0 Å². The lowest BCUT2D eigenvalue weighted by Crippen LogP contribution is -2.50. The van der Waals surface area contributed by atoms with Crippen LogP contribution in [0.3, 0.4) is 0 Å². The molecule has 1 N–H and O–H groups in total. The quantitative estimate of drug-likeness (QED) is 0.837. The van der Waals surface area contributed by atoms with Gasteiger partial charge in [0.15, 0.2) is 0 Å². The Morgan fingerprint density at radius 1 is 1.10 bits per heavy atom. The number of nitrogens with one attached hydrogen (secondary N) is 1. The first-order chi connectivity index (χ1) is 9.68. The van der Waals surface area contributed by atoms with Crippen molar-refractivity contribution in [2.75, 3.05) is 13.1 Å². The SMILES string of the molecule is CC(C)CCN(C(=O)C1CCCCCN1)C1CCCC1. The lowest BCUT2D eigenvalue weighted by Gasteiger charge is -2.33. The van der Waals surface area contributed by atoms with Gasteiger partial charge in [0.25, 0.3) is 0 Å². The molecule has 0 aromatic heterocycles. The smallest absolute Gasteiger partial charge is 0.239 e. The van der Waals surface area contributed by atoms with Crippen LogP contribution in [0.5, 0.6) is 0 Å². The predicted octanol–water partition coefficient (Wildman–Crippen LogP) is 3.34. The highest BCUT2D eigenvalue weighted by molar-refractivity contribution is 5.82. The maximum atomic E-state index is 12.9. The largest absolute Gasteiger partial charge is 0.338 e. The van der Waals surface area contributed by atoms with E-state index in [2.05, 4.69) is 24.1 Å².